The quantitative estimate of drug-likeness (QED) is 0.544. The van der Waals surface area contributed by atoms with Gasteiger partial charge in [-0.2, -0.15) is 0 Å². The molecular formula is C10H18N2O. The molecule has 74 valence electrons. The summed E-state index contributed by atoms with van der Waals surface area (Å²) in [5, 5.41) is 0. The largest absolute Gasteiger partial charge is 0.469 e. The summed E-state index contributed by atoms with van der Waals surface area (Å²) >= 11 is 0. The Morgan fingerprint density at radius 3 is 2.38 bits per heavy atom. The molecule has 3 N–H and O–H groups in total. The monoisotopic (exact) mass is 182 g/mol. The lowest BCUT2D eigenvalue weighted by atomic mass is 9.83. The van der Waals surface area contributed by atoms with E-state index in [-0.39, 0.29) is 11.5 Å². The Morgan fingerprint density at radius 2 is 2.08 bits per heavy atom. The first kappa shape index (κ1) is 10.3. The van der Waals surface area contributed by atoms with Gasteiger partial charge in [-0.3, -0.25) is 11.3 Å². The van der Waals surface area contributed by atoms with Crippen LogP contribution in [0.4, 0.5) is 0 Å². The number of aryl methyl sites for hydroxylation is 1. The molecule has 0 aliphatic rings. The highest BCUT2D eigenvalue weighted by atomic mass is 16.3. The van der Waals surface area contributed by atoms with Gasteiger partial charge in [0.1, 0.15) is 5.76 Å². The molecular weight excluding hydrogens is 164 g/mol. The molecule has 1 atom stereocenters. The smallest absolute Gasteiger partial charge is 0.105 e. The Morgan fingerprint density at radius 1 is 1.46 bits per heavy atom. The maximum absolute atomic E-state index is 5.53. The maximum atomic E-state index is 5.53. The molecule has 1 rings (SSSR count). The minimum Gasteiger partial charge on any atom is -0.469 e. The van der Waals surface area contributed by atoms with Gasteiger partial charge in [0.05, 0.1) is 12.3 Å². The van der Waals surface area contributed by atoms with Crippen LogP contribution >= 0.6 is 0 Å². The minimum absolute atomic E-state index is 0.0867. The number of nitrogens with two attached hydrogens (primary N) is 1. The molecule has 0 amide bonds. The summed E-state index contributed by atoms with van der Waals surface area (Å²) in [5.74, 6) is 6.46. The van der Waals surface area contributed by atoms with Gasteiger partial charge in [0, 0.05) is 5.56 Å². The first-order valence-electron chi connectivity index (χ1n) is 4.47. The first-order chi connectivity index (χ1) is 5.96. The average molecular weight is 182 g/mol. The Kier molecular flexibility index (Phi) is 2.78. The van der Waals surface area contributed by atoms with E-state index in [1.807, 2.05) is 13.0 Å². The van der Waals surface area contributed by atoms with E-state index in [4.69, 9.17) is 10.3 Å². The number of nitrogens with one attached hydrogen (secondary N) is 1. The van der Waals surface area contributed by atoms with Crippen molar-refractivity contribution >= 4 is 0 Å². The van der Waals surface area contributed by atoms with Crippen molar-refractivity contribution in [2.24, 2.45) is 11.3 Å². The van der Waals surface area contributed by atoms with Crippen LogP contribution < -0.4 is 11.3 Å². The number of furan rings is 1. The van der Waals surface area contributed by atoms with Gasteiger partial charge < -0.3 is 4.42 Å². The summed E-state index contributed by atoms with van der Waals surface area (Å²) in [7, 11) is 0. The van der Waals surface area contributed by atoms with E-state index in [2.05, 4.69) is 26.2 Å². The molecule has 3 nitrogen and oxygen atoms in total. The van der Waals surface area contributed by atoms with Gasteiger partial charge in [-0.15, -0.1) is 0 Å². The van der Waals surface area contributed by atoms with E-state index in [0.717, 1.165) is 11.3 Å². The number of hydrazine groups is 1. The summed E-state index contributed by atoms with van der Waals surface area (Å²) in [6.07, 6.45) is 1.70. The van der Waals surface area contributed by atoms with E-state index in [0.29, 0.717) is 0 Å². The molecule has 1 heterocycles. The van der Waals surface area contributed by atoms with Gasteiger partial charge in [-0.1, -0.05) is 20.8 Å². The van der Waals surface area contributed by atoms with Gasteiger partial charge in [-0.25, -0.2) is 0 Å². The summed E-state index contributed by atoms with van der Waals surface area (Å²) < 4.78 is 5.25. The molecule has 1 aromatic heterocycles. The van der Waals surface area contributed by atoms with Crippen LogP contribution in [0.3, 0.4) is 0 Å². The fourth-order valence-electron chi connectivity index (χ4n) is 1.50. The van der Waals surface area contributed by atoms with E-state index in [1.54, 1.807) is 6.26 Å². The van der Waals surface area contributed by atoms with Gasteiger partial charge in [0.2, 0.25) is 0 Å². The van der Waals surface area contributed by atoms with Gasteiger partial charge in [-0.05, 0) is 18.4 Å². The second kappa shape index (κ2) is 3.52. The van der Waals surface area contributed by atoms with Crippen molar-refractivity contribution < 1.29 is 4.42 Å². The summed E-state index contributed by atoms with van der Waals surface area (Å²) in [5.41, 5.74) is 4.05. The van der Waals surface area contributed by atoms with Crippen LogP contribution in [0.15, 0.2) is 16.7 Å². The van der Waals surface area contributed by atoms with E-state index < -0.39 is 0 Å². The highest BCUT2D eigenvalue weighted by molar-refractivity contribution is 5.21. The Labute approximate surface area is 79.3 Å². The third-order valence-electron chi connectivity index (χ3n) is 2.24. The number of hydrogen-bond donors (Lipinski definition) is 2. The third-order valence-corrected chi connectivity index (χ3v) is 2.24. The molecule has 1 aromatic rings. The van der Waals surface area contributed by atoms with Crippen molar-refractivity contribution in [3.05, 3.63) is 23.7 Å². The third kappa shape index (κ3) is 2.11. The molecule has 1 unspecified atom stereocenters. The molecule has 0 radical (unpaired) electrons. The first-order valence-corrected chi connectivity index (χ1v) is 4.47. The van der Waals surface area contributed by atoms with Crippen LogP contribution in [0, 0.1) is 12.3 Å². The van der Waals surface area contributed by atoms with Crippen molar-refractivity contribution in [1.29, 1.82) is 0 Å². The Hall–Kier alpha value is -0.800. The molecule has 0 fully saturated rings. The molecule has 0 spiro atoms. The average Bonchev–Trinajstić information content (AvgIpc) is 2.35. The lowest BCUT2D eigenvalue weighted by Crippen LogP contribution is -2.36. The highest BCUT2D eigenvalue weighted by Gasteiger charge is 2.27. The van der Waals surface area contributed by atoms with Gasteiger partial charge in [0.25, 0.3) is 0 Å². The summed E-state index contributed by atoms with van der Waals surface area (Å²) in [4.78, 5) is 0. The fourth-order valence-corrected chi connectivity index (χ4v) is 1.50. The number of hydrogen-bond acceptors (Lipinski definition) is 3. The maximum Gasteiger partial charge on any atom is 0.105 e. The highest BCUT2D eigenvalue weighted by Crippen LogP contribution is 2.33. The van der Waals surface area contributed by atoms with Crippen LogP contribution in [0.25, 0.3) is 0 Å². The van der Waals surface area contributed by atoms with Crippen molar-refractivity contribution in [3.8, 4) is 0 Å². The van der Waals surface area contributed by atoms with Crippen LogP contribution in [0.1, 0.15) is 38.1 Å². The molecule has 0 aliphatic carbocycles. The molecule has 13 heavy (non-hydrogen) atoms. The second-order valence-electron chi connectivity index (χ2n) is 4.40. The van der Waals surface area contributed by atoms with Crippen LogP contribution in [-0.4, -0.2) is 0 Å². The molecule has 0 aromatic carbocycles. The van der Waals surface area contributed by atoms with E-state index >= 15 is 0 Å². The Bertz CT molecular complexity index is 273. The molecule has 0 bridgehead atoms. The standard InChI is InChI=1S/C10H18N2O/c1-7-8(5-6-13-7)9(12-11)10(2,3)4/h5-6,9,12H,11H2,1-4H3. The van der Waals surface area contributed by atoms with Crippen molar-refractivity contribution in [1.82, 2.24) is 5.43 Å². The van der Waals surface area contributed by atoms with E-state index in [1.165, 1.54) is 0 Å². The predicted octanol–water partition coefficient (Wildman–Crippen LogP) is 2.14. The van der Waals surface area contributed by atoms with Crippen LogP contribution in [0.5, 0.6) is 0 Å². The van der Waals surface area contributed by atoms with Crippen LogP contribution in [-0.2, 0) is 0 Å². The molecule has 3 heteroatoms. The Balaban J connectivity index is 2.98. The van der Waals surface area contributed by atoms with Crippen molar-refractivity contribution in [2.75, 3.05) is 0 Å². The van der Waals surface area contributed by atoms with Gasteiger partial charge in [0.15, 0.2) is 0 Å². The second-order valence-corrected chi connectivity index (χ2v) is 4.40. The minimum atomic E-state index is 0.0867. The predicted molar refractivity (Wildman–Crippen MR) is 53.0 cm³/mol. The van der Waals surface area contributed by atoms with Crippen molar-refractivity contribution in [2.45, 2.75) is 33.7 Å². The van der Waals surface area contributed by atoms with Crippen LogP contribution in [0.2, 0.25) is 0 Å². The zero-order valence-electron chi connectivity index (χ0n) is 8.72. The topological polar surface area (TPSA) is 51.2 Å². The zero-order valence-corrected chi connectivity index (χ0v) is 8.72. The lowest BCUT2D eigenvalue weighted by molar-refractivity contribution is 0.272. The van der Waals surface area contributed by atoms with Gasteiger partial charge >= 0.3 is 0 Å². The molecule has 0 saturated heterocycles. The summed E-state index contributed by atoms with van der Waals surface area (Å²) in [6.45, 7) is 8.38. The normalized spacial score (nSPS) is 14.5. The molecule has 0 saturated carbocycles. The SMILES string of the molecule is Cc1occc1C(NN)C(C)(C)C. The zero-order chi connectivity index (χ0) is 10.1. The van der Waals surface area contributed by atoms with Crippen molar-refractivity contribution in [3.63, 3.8) is 0 Å². The number of rotatable bonds is 2. The fraction of sp³-hybridized carbons (Fsp3) is 0.600. The lowest BCUT2D eigenvalue weighted by Gasteiger charge is -2.29. The van der Waals surface area contributed by atoms with E-state index in [9.17, 15) is 0 Å². The molecule has 0 aliphatic heterocycles. The summed E-state index contributed by atoms with van der Waals surface area (Å²) in [6, 6.07) is 2.09.